The van der Waals surface area contributed by atoms with Crippen molar-refractivity contribution in [3.05, 3.63) is 77.5 Å². The van der Waals surface area contributed by atoms with Gasteiger partial charge in [-0.25, -0.2) is 0 Å². The molecule has 5 heteroatoms. The maximum atomic E-state index is 13.4. The number of carbonyl (C=O) groups excluding carboxylic acids is 2. The summed E-state index contributed by atoms with van der Waals surface area (Å²) < 4.78 is 0. The van der Waals surface area contributed by atoms with Crippen LogP contribution < -0.4 is 5.32 Å². The van der Waals surface area contributed by atoms with E-state index in [4.69, 9.17) is 4.98 Å². The lowest BCUT2D eigenvalue weighted by Crippen LogP contribution is -2.46. The second kappa shape index (κ2) is 7.90. The predicted molar refractivity (Wildman–Crippen MR) is 117 cm³/mol. The molecule has 2 aliphatic rings. The molecule has 0 atom stereocenters. The summed E-state index contributed by atoms with van der Waals surface area (Å²) >= 11 is 0. The molecule has 0 bridgehead atoms. The van der Waals surface area contributed by atoms with E-state index in [1.54, 1.807) is 0 Å². The van der Waals surface area contributed by atoms with Gasteiger partial charge in [-0.2, -0.15) is 0 Å². The molecule has 30 heavy (non-hydrogen) atoms. The molecule has 2 fully saturated rings. The van der Waals surface area contributed by atoms with Gasteiger partial charge in [-0.3, -0.25) is 14.6 Å². The van der Waals surface area contributed by atoms with Crippen LogP contribution in [0, 0.1) is 0 Å². The lowest BCUT2D eigenvalue weighted by atomic mass is 10.0. The second-order valence-corrected chi connectivity index (χ2v) is 8.29. The molecule has 5 rings (SSSR count). The van der Waals surface area contributed by atoms with Crippen LogP contribution in [0.4, 0.5) is 0 Å². The van der Waals surface area contributed by atoms with Crippen molar-refractivity contribution in [3.8, 4) is 0 Å². The molecule has 3 aromatic rings. The van der Waals surface area contributed by atoms with E-state index in [1.165, 1.54) is 0 Å². The largest absolute Gasteiger partial charge is 0.349 e. The number of pyridine rings is 1. The normalized spacial score (nSPS) is 17.1. The zero-order chi connectivity index (χ0) is 20.5. The number of amides is 2. The fraction of sp³-hybridized carbons (Fsp3) is 0.320. The summed E-state index contributed by atoms with van der Waals surface area (Å²) in [6.07, 6.45) is 3.85. The van der Waals surface area contributed by atoms with Crippen molar-refractivity contribution in [2.75, 3.05) is 13.1 Å². The van der Waals surface area contributed by atoms with E-state index in [2.05, 4.69) is 5.32 Å². The van der Waals surface area contributed by atoms with Gasteiger partial charge in [-0.05, 0) is 49.9 Å². The number of nitrogens with one attached hydrogen (secondary N) is 1. The molecule has 5 nitrogen and oxygen atoms in total. The van der Waals surface area contributed by atoms with Crippen LogP contribution in [0.2, 0.25) is 0 Å². The summed E-state index contributed by atoms with van der Waals surface area (Å²) in [7, 11) is 0. The molecule has 152 valence electrons. The van der Waals surface area contributed by atoms with Gasteiger partial charge in [-0.15, -0.1) is 0 Å². The van der Waals surface area contributed by atoms with E-state index in [9.17, 15) is 9.59 Å². The number of fused-ring (bicyclic) bond motifs is 1. The van der Waals surface area contributed by atoms with Gasteiger partial charge in [-0.1, -0.05) is 36.4 Å². The van der Waals surface area contributed by atoms with Crippen LogP contribution in [0.15, 0.2) is 60.7 Å². The number of para-hydroxylation sites is 1. The first-order valence-corrected chi connectivity index (χ1v) is 10.7. The molecule has 1 aliphatic heterocycles. The van der Waals surface area contributed by atoms with Crippen LogP contribution >= 0.6 is 0 Å². The minimum atomic E-state index is -0.0467. The Kier molecular flexibility index (Phi) is 4.95. The van der Waals surface area contributed by atoms with Crippen molar-refractivity contribution in [1.29, 1.82) is 0 Å². The number of hydrogen-bond donors (Lipinski definition) is 1. The zero-order valence-corrected chi connectivity index (χ0v) is 16.9. The van der Waals surface area contributed by atoms with E-state index in [1.807, 2.05) is 65.6 Å². The van der Waals surface area contributed by atoms with Gasteiger partial charge in [0.2, 0.25) is 0 Å². The van der Waals surface area contributed by atoms with E-state index in [-0.39, 0.29) is 17.9 Å². The third-order valence-electron chi connectivity index (χ3n) is 6.12. The molecule has 1 aliphatic carbocycles. The lowest BCUT2D eigenvalue weighted by molar-refractivity contribution is 0.0700. The quantitative estimate of drug-likeness (QED) is 0.717. The second-order valence-electron chi connectivity index (χ2n) is 8.29. The van der Waals surface area contributed by atoms with Crippen LogP contribution in [-0.4, -0.2) is 40.8 Å². The summed E-state index contributed by atoms with van der Waals surface area (Å²) in [5, 5.41) is 4.03. The Hall–Kier alpha value is -3.21. The average molecular weight is 399 g/mol. The number of carbonyl (C=O) groups is 2. The third kappa shape index (κ3) is 3.80. The van der Waals surface area contributed by atoms with Gasteiger partial charge in [0, 0.05) is 41.7 Å². The van der Waals surface area contributed by atoms with Crippen molar-refractivity contribution in [2.24, 2.45) is 0 Å². The molecule has 0 radical (unpaired) electrons. The van der Waals surface area contributed by atoms with Gasteiger partial charge in [0.1, 0.15) is 0 Å². The van der Waals surface area contributed by atoms with E-state index in [0.717, 1.165) is 47.8 Å². The molecular weight excluding hydrogens is 374 g/mol. The van der Waals surface area contributed by atoms with Crippen LogP contribution in [0.25, 0.3) is 10.9 Å². The van der Waals surface area contributed by atoms with Crippen molar-refractivity contribution in [3.63, 3.8) is 0 Å². The van der Waals surface area contributed by atoms with Crippen LogP contribution in [0.1, 0.15) is 58.0 Å². The molecule has 0 unspecified atom stereocenters. The lowest BCUT2D eigenvalue weighted by Gasteiger charge is -2.32. The number of benzene rings is 2. The topological polar surface area (TPSA) is 62.3 Å². The average Bonchev–Trinajstić information content (AvgIpc) is 3.64. The third-order valence-corrected chi connectivity index (χ3v) is 6.12. The number of hydrogen-bond acceptors (Lipinski definition) is 3. The Morgan fingerprint density at radius 1 is 0.900 bits per heavy atom. The highest BCUT2D eigenvalue weighted by Gasteiger charge is 2.29. The van der Waals surface area contributed by atoms with Gasteiger partial charge >= 0.3 is 0 Å². The standard InChI is InChI=1S/C25H25N3O2/c29-24(18-6-2-1-3-7-18)26-19-12-14-28(15-13-19)25(30)21-16-23(17-10-11-17)27-22-9-5-4-8-20(21)22/h1-9,16-17,19H,10-15H2,(H,26,29). The predicted octanol–water partition coefficient (Wildman–Crippen LogP) is 4.15. The van der Waals surface area contributed by atoms with Crippen LogP contribution in [0.3, 0.4) is 0 Å². The fourth-order valence-electron chi connectivity index (χ4n) is 4.22. The Balaban J connectivity index is 1.29. The first-order chi connectivity index (χ1) is 14.7. The Labute approximate surface area is 176 Å². The first kappa shape index (κ1) is 18.8. The highest BCUT2D eigenvalue weighted by Crippen LogP contribution is 2.40. The number of piperidine rings is 1. The van der Waals surface area contributed by atoms with Crippen molar-refractivity contribution < 1.29 is 9.59 Å². The Morgan fingerprint density at radius 2 is 1.60 bits per heavy atom. The van der Waals surface area contributed by atoms with E-state index < -0.39 is 0 Å². The summed E-state index contributed by atoms with van der Waals surface area (Å²) in [6, 6.07) is 19.3. The van der Waals surface area contributed by atoms with E-state index >= 15 is 0 Å². The highest BCUT2D eigenvalue weighted by molar-refractivity contribution is 6.06. The number of rotatable bonds is 4. The maximum absolute atomic E-state index is 13.4. The number of nitrogens with zero attached hydrogens (tertiary/aromatic N) is 2. The van der Waals surface area contributed by atoms with Gasteiger partial charge < -0.3 is 10.2 Å². The van der Waals surface area contributed by atoms with Crippen molar-refractivity contribution in [1.82, 2.24) is 15.2 Å². The van der Waals surface area contributed by atoms with Crippen LogP contribution in [0.5, 0.6) is 0 Å². The molecule has 1 saturated heterocycles. The van der Waals surface area contributed by atoms with Crippen LogP contribution in [-0.2, 0) is 0 Å². The van der Waals surface area contributed by atoms with Gasteiger partial charge in [0.15, 0.2) is 0 Å². The Morgan fingerprint density at radius 3 is 2.33 bits per heavy atom. The zero-order valence-electron chi connectivity index (χ0n) is 16.9. The summed E-state index contributed by atoms with van der Waals surface area (Å²) in [4.78, 5) is 32.5. The Bertz CT molecular complexity index is 1080. The van der Waals surface area contributed by atoms with Gasteiger partial charge in [0.05, 0.1) is 11.1 Å². The number of likely N-dealkylation sites (tertiary alicyclic amines) is 1. The molecule has 1 N–H and O–H groups in total. The van der Waals surface area contributed by atoms with Crippen molar-refractivity contribution in [2.45, 2.75) is 37.6 Å². The molecular formula is C25H25N3O2. The summed E-state index contributed by atoms with van der Waals surface area (Å²) in [5.41, 5.74) is 3.37. The molecule has 1 saturated carbocycles. The smallest absolute Gasteiger partial charge is 0.254 e. The van der Waals surface area contributed by atoms with E-state index in [0.29, 0.717) is 24.6 Å². The minimum Gasteiger partial charge on any atom is -0.349 e. The molecule has 2 heterocycles. The SMILES string of the molecule is O=C(NC1CCN(C(=O)c2cc(C3CC3)nc3ccccc23)CC1)c1ccccc1. The summed E-state index contributed by atoms with van der Waals surface area (Å²) in [6.45, 7) is 1.29. The maximum Gasteiger partial charge on any atom is 0.254 e. The highest BCUT2D eigenvalue weighted by atomic mass is 16.2. The minimum absolute atomic E-state index is 0.0467. The number of aromatic nitrogens is 1. The molecule has 2 aromatic carbocycles. The van der Waals surface area contributed by atoms with Gasteiger partial charge in [0.25, 0.3) is 11.8 Å². The monoisotopic (exact) mass is 399 g/mol. The first-order valence-electron chi connectivity index (χ1n) is 10.7. The fourth-order valence-corrected chi connectivity index (χ4v) is 4.22. The summed E-state index contributed by atoms with van der Waals surface area (Å²) in [5.74, 6) is 0.526. The molecule has 0 spiro atoms. The molecule has 1 aromatic heterocycles. The molecule has 2 amide bonds. The van der Waals surface area contributed by atoms with Crippen molar-refractivity contribution >= 4 is 22.7 Å².